The molecular formula is C18H23N3O2. The number of primary amides is 1. The molecule has 1 atom stereocenters. The Balaban J connectivity index is 2.40. The first-order chi connectivity index (χ1) is 11.0. The summed E-state index contributed by atoms with van der Waals surface area (Å²) in [7, 11) is 0. The van der Waals surface area contributed by atoms with E-state index in [4.69, 9.17) is 5.73 Å². The fourth-order valence-electron chi connectivity index (χ4n) is 2.52. The van der Waals surface area contributed by atoms with Crippen LogP contribution in [0.2, 0.25) is 0 Å². The molecule has 0 fully saturated rings. The maximum atomic E-state index is 11.8. The smallest absolute Gasteiger partial charge is 0.249 e. The van der Waals surface area contributed by atoms with Crippen LogP contribution >= 0.6 is 0 Å². The molecule has 2 rings (SSSR count). The minimum Gasteiger partial charge on any atom is -0.395 e. The number of nitrogens with two attached hydrogens (primary N) is 1. The van der Waals surface area contributed by atoms with Crippen LogP contribution in [0.25, 0.3) is 11.3 Å². The predicted octanol–water partition coefficient (Wildman–Crippen LogP) is 1.95. The van der Waals surface area contributed by atoms with E-state index in [1.807, 2.05) is 44.2 Å². The number of carbonyl (C=O) groups excluding carboxylic acids is 1. The number of nitrogens with one attached hydrogen (secondary N) is 1. The van der Waals surface area contributed by atoms with Crippen molar-refractivity contribution >= 4 is 5.91 Å². The van der Waals surface area contributed by atoms with Crippen LogP contribution in [0.15, 0.2) is 42.6 Å². The minimum atomic E-state index is -0.477. The van der Waals surface area contributed by atoms with Crippen LogP contribution in [0, 0.1) is 5.92 Å². The van der Waals surface area contributed by atoms with Gasteiger partial charge in [0.25, 0.3) is 0 Å². The monoisotopic (exact) mass is 313 g/mol. The number of aliphatic hydroxyl groups is 1. The number of carbonyl (C=O) groups is 1. The van der Waals surface area contributed by atoms with Gasteiger partial charge in [-0.2, -0.15) is 0 Å². The zero-order valence-electron chi connectivity index (χ0n) is 13.5. The van der Waals surface area contributed by atoms with Crippen LogP contribution in [-0.4, -0.2) is 28.6 Å². The number of aliphatic hydroxyl groups excluding tert-OH is 1. The first-order valence-corrected chi connectivity index (χ1v) is 7.72. The van der Waals surface area contributed by atoms with Gasteiger partial charge in [0.1, 0.15) is 0 Å². The Bertz CT molecular complexity index is 657. The van der Waals surface area contributed by atoms with E-state index >= 15 is 0 Å². The number of amides is 1. The lowest BCUT2D eigenvalue weighted by Gasteiger charge is -2.21. The highest BCUT2D eigenvalue weighted by molar-refractivity contribution is 6.00. The van der Waals surface area contributed by atoms with E-state index in [-0.39, 0.29) is 12.6 Å². The highest BCUT2D eigenvalue weighted by Crippen LogP contribution is 2.26. The Hall–Kier alpha value is -2.24. The maximum absolute atomic E-state index is 11.8. The van der Waals surface area contributed by atoms with Gasteiger partial charge < -0.3 is 16.2 Å². The fraction of sp³-hybridized carbons (Fsp3) is 0.333. The third kappa shape index (κ3) is 4.15. The Kier molecular flexibility index (Phi) is 5.84. The second-order valence-electron chi connectivity index (χ2n) is 5.83. The summed E-state index contributed by atoms with van der Waals surface area (Å²) in [4.78, 5) is 16.1. The van der Waals surface area contributed by atoms with Gasteiger partial charge in [-0.05, 0) is 29.7 Å². The van der Waals surface area contributed by atoms with E-state index in [0.717, 1.165) is 11.1 Å². The van der Waals surface area contributed by atoms with Crippen LogP contribution in [0.5, 0.6) is 0 Å². The molecule has 2 aromatic rings. The van der Waals surface area contributed by atoms with Crippen LogP contribution in [0.1, 0.15) is 29.8 Å². The molecule has 5 nitrogen and oxygen atoms in total. The lowest BCUT2D eigenvalue weighted by atomic mass is 9.96. The molecule has 23 heavy (non-hydrogen) atoms. The van der Waals surface area contributed by atoms with Crippen molar-refractivity contribution in [2.75, 3.05) is 6.61 Å². The fourth-order valence-corrected chi connectivity index (χ4v) is 2.52. The summed E-state index contributed by atoms with van der Waals surface area (Å²) in [5.74, 6) is -0.173. The highest BCUT2D eigenvalue weighted by atomic mass is 16.3. The van der Waals surface area contributed by atoms with E-state index in [2.05, 4.69) is 10.3 Å². The van der Waals surface area contributed by atoms with Gasteiger partial charge in [0.15, 0.2) is 0 Å². The lowest BCUT2D eigenvalue weighted by Crippen LogP contribution is -2.36. The molecular weight excluding hydrogens is 290 g/mol. The topological polar surface area (TPSA) is 88.2 Å². The maximum Gasteiger partial charge on any atom is 0.249 e. The van der Waals surface area contributed by atoms with Gasteiger partial charge in [-0.3, -0.25) is 9.78 Å². The van der Waals surface area contributed by atoms with Gasteiger partial charge in [0.05, 0.1) is 12.3 Å². The van der Waals surface area contributed by atoms with Gasteiger partial charge in [0, 0.05) is 29.9 Å². The second-order valence-corrected chi connectivity index (χ2v) is 5.83. The molecule has 5 heteroatoms. The summed E-state index contributed by atoms with van der Waals surface area (Å²) in [5.41, 5.74) is 8.36. The molecule has 0 unspecified atom stereocenters. The average Bonchev–Trinajstić information content (AvgIpc) is 2.55. The molecule has 0 aliphatic heterocycles. The molecule has 0 spiro atoms. The minimum absolute atomic E-state index is 0.0104. The third-order valence-corrected chi connectivity index (χ3v) is 3.89. The SMILES string of the molecule is CC(C)[C@H](CO)NCc1cccc(C(N)=O)c1-c1ccccn1. The molecule has 1 aromatic carbocycles. The van der Waals surface area contributed by atoms with Crippen molar-refractivity contribution in [3.05, 3.63) is 53.7 Å². The molecule has 0 saturated carbocycles. The van der Waals surface area contributed by atoms with Crippen molar-refractivity contribution in [3.8, 4) is 11.3 Å². The third-order valence-electron chi connectivity index (χ3n) is 3.89. The van der Waals surface area contributed by atoms with E-state index in [9.17, 15) is 9.90 Å². The van der Waals surface area contributed by atoms with Crippen molar-refractivity contribution in [1.29, 1.82) is 0 Å². The summed E-state index contributed by atoms with van der Waals surface area (Å²) >= 11 is 0. The standard InChI is InChI=1S/C18H23N3O2/c1-12(2)16(11-22)21-10-13-6-5-7-14(18(19)23)17(13)15-8-3-4-9-20-15/h3-9,12,16,21-22H,10-11H2,1-2H3,(H2,19,23)/t16-/m0/s1. The molecule has 0 bridgehead atoms. The predicted molar refractivity (Wildman–Crippen MR) is 90.7 cm³/mol. The Morgan fingerprint density at radius 2 is 2.04 bits per heavy atom. The molecule has 0 saturated heterocycles. The van der Waals surface area contributed by atoms with Gasteiger partial charge in [-0.15, -0.1) is 0 Å². The van der Waals surface area contributed by atoms with Crippen molar-refractivity contribution in [3.63, 3.8) is 0 Å². The van der Waals surface area contributed by atoms with Crippen molar-refractivity contribution in [1.82, 2.24) is 10.3 Å². The molecule has 1 heterocycles. The summed E-state index contributed by atoms with van der Waals surface area (Å²) in [6, 6.07) is 11.0. The number of aromatic nitrogens is 1. The average molecular weight is 313 g/mol. The van der Waals surface area contributed by atoms with Gasteiger partial charge >= 0.3 is 0 Å². The van der Waals surface area contributed by atoms with Crippen LogP contribution in [0.4, 0.5) is 0 Å². The molecule has 4 N–H and O–H groups in total. The van der Waals surface area contributed by atoms with Crippen molar-refractivity contribution < 1.29 is 9.90 Å². The van der Waals surface area contributed by atoms with Crippen LogP contribution in [-0.2, 0) is 6.54 Å². The van der Waals surface area contributed by atoms with Gasteiger partial charge in [-0.25, -0.2) is 0 Å². The highest BCUT2D eigenvalue weighted by Gasteiger charge is 2.17. The Morgan fingerprint density at radius 3 is 2.61 bits per heavy atom. The molecule has 0 aliphatic carbocycles. The van der Waals surface area contributed by atoms with Crippen molar-refractivity contribution in [2.24, 2.45) is 11.7 Å². The van der Waals surface area contributed by atoms with Gasteiger partial charge in [0.2, 0.25) is 5.91 Å². The van der Waals surface area contributed by atoms with E-state index in [0.29, 0.717) is 23.7 Å². The van der Waals surface area contributed by atoms with E-state index in [1.54, 1.807) is 12.3 Å². The number of rotatable bonds is 7. The quantitative estimate of drug-likeness (QED) is 0.729. The number of pyridine rings is 1. The Morgan fingerprint density at radius 1 is 1.26 bits per heavy atom. The van der Waals surface area contributed by atoms with Crippen molar-refractivity contribution in [2.45, 2.75) is 26.4 Å². The zero-order chi connectivity index (χ0) is 16.8. The number of hydrogen-bond acceptors (Lipinski definition) is 4. The largest absolute Gasteiger partial charge is 0.395 e. The normalized spacial score (nSPS) is 12.3. The van der Waals surface area contributed by atoms with Crippen LogP contribution in [0.3, 0.4) is 0 Å². The molecule has 1 aromatic heterocycles. The number of hydrogen-bond donors (Lipinski definition) is 3. The summed E-state index contributed by atoms with van der Waals surface area (Å²) < 4.78 is 0. The summed E-state index contributed by atoms with van der Waals surface area (Å²) in [5, 5.41) is 12.8. The lowest BCUT2D eigenvalue weighted by molar-refractivity contribution is 0.100. The molecule has 1 amide bonds. The molecule has 122 valence electrons. The second kappa shape index (κ2) is 7.85. The summed E-state index contributed by atoms with van der Waals surface area (Å²) in [6.07, 6.45) is 1.69. The molecule has 0 aliphatic rings. The van der Waals surface area contributed by atoms with Crippen LogP contribution < -0.4 is 11.1 Å². The van der Waals surface area contributed by atoms with E-state index < -0.39 is 5.91 Å². The number of nitrogens with zero attached hydrogens (tertiary/aromatic N) is 1. The van der Waals surface area contributed by atoms with Gasteiger partial charge in [-0.1, -0.05) is 32.0 Å². The first kappa shape index (κ1) is 17.1. The Labute approximate surface area is 136 Å². The first-order valence-electron chi connectivity index (χ1n) is 7.72. The zero-order valence-corrected chi connectivity index (χ0v) is 13.5. The molecule has 0 radical (unpaired) electrons. The number of benzene rings is 1. The summed E-state index contributed by atoms with van der Waals surface area (Å²) in [6.45, 7) is 4.68. The van der Waals surface area contributed by atoms with E-state index in [1.165, 1.54) is 0 Å².